The van der Waals surface area contributed by atoms with Crippen molar-refractivity contribution in [2.24, 2.45) is 0 Å². The van der Waals surface area contributed by atoms with Crippen LogP contribution in [-0.2, 0) is 16.9 Å². The van der Waals surface area contributed by atoms with E-state index in [0.29, 0.717) is 34.5 Å². The number of benzene rings is 1. The van der Waals surface area contributed by atoms with E-state index in [0.717, 1.165) is 5.56 Å². The highest BCUT2D eigenvalue weighted by Gasteiger charge is 2.50. The summed E-state index contributed by atoms with van der Waals surface area (Å²) >= 11 is 0. The topological polar surface area (TPSA) is 159 Å². The van der Waals surface area contributed by atoms with Gasteiger partial charge in [-0.3, -0.25) is 24.7 Å². The molecule has 39 heavy (non-hydrogen) atoms. The number of pyridine rings is 2. The molecule has 12 heteroatoms. The molecule has 12 nitrogen and oxygen atoms in total. The Labute approximate surface area is 222 Å². The number of hydrogen-bond donors (Lipinski definition) is 4. The summed E-state index contributed by atoms with van der Waals surface area (Å²) in [5, 5.41) is 18.3. The van der Waals surface area contributed by atoms with Crippen molar-refractivity contribution in [3.8, 4) is 5.75 Å². The monoisotopic (exact) mass is 528 g/mol. The van der Waals surface area contributed by atoms with E-state index in [1.54, 1.807) is 53.6 Å². The summed E-state index contributed by atoms with van der Waals surface area (Å²) in [6.07, 6.45) is 1.84. The van der Waals surface area contributed by atoms with Crippen molar-refractivity contribution in [2.75, 3.05) is 19.0 Å². The minimum Gasteiger partial charge on any atom is -0.497 e. The molecule has 3 aromatic heterocycles. The average molecular weight is 529 g/mol. The summed E-state index contributed by atoms with van der Waals surface area (Å²) in [7, 11) is 1.54. The van der Waals surface area contributed by atoms with Gasteiger partial charge in [0, 0.05) is 37.1 Å². The quantitative estimate of drug-likeness (QED) is 0.280. The first-order valence-electron chi connectivity index (χ1n) is 12.2. The first-order valence-corrected chi connectivity index (χ1v) is 12.2. The molecule has 4 aromatic rings. The largest absolute Gasteiger partial charge is 0.497 e. The van der Waals surface area contributed by atoms with E-state index in [1.807, 2.05) is 6.07 Å². The van der Waals surface area contributed by atoms with Crippen LogP contribution in [0.4, 0.5) is 5.82 Å². The second kappa shape index (κ2) is 9.49. The lowest BCUT2D eigenvalue weighted by molar-refractivity contribution is -0.125. The van der Waals surface area contributed by atoms with Gasteiger partial charge in [0.25, 0.3) is 17.7 Å². The molecule has 5 heterocycles. The highest BCUT2D eigenvalue weighted by Crippen LogP contribution is 2.35. The number of nitrogens with zero attached hydrogens (tertiary/aromatic N) is 3. The first-order chi connectivity index (χ1) is 18.9. The van der Waals surface area contributed by atoms with Gasteiger partial charge in [-0.1, -0.05) is 6.07 Å². The van der Waals surface area contributed by atoms with Crippen LogP contribution in [0, 0.1) is 0 Å². The molecule has 1 aromatic carbocycles. The van der Waals surface area contributed by atoms with Crippen LogP contribution in [0.5, 0.6) is 5.75 Å². The number of aliphatic hydroxyl groups is 1. The molecule has 0 saturated carbocycles. The number of aromatic nitrogens is 2. The van der Waals surface area contributed by atoms with Crippen molar-refractivity contribution in [3.05, 3.63) is 83.4 Å². The second-order valence-corrected chi connectivity index (χ2v) is 9.31. The van der Waals surface area contributed by atoms with Crippen molar-refractivity contribution in [1.29, 1.82) is 0 Å². The van der Waals surface area contributed by atoms with Gasteiger partial charge >= 0.3 is 0 Å². The summed E-state index contributed by atoms with van der Waals surface area (Å²) in [4.78, 5) is 48.7. The number of ether oxygens (including phenoxy) is 1. The lowest BCUT2D eigenvalue weighted by atomic mass is 9.92. The summed E-state index contributed by atoms with van der Waals surface area (Å²) in [6.45, 7) is 0.597. The van der Waals surface area contributed by atoms with Crippen molar-refractivity contribution in [3.63, 3.8) is 0 Å². The van der Waals surface area contributed by atoms with Gasteiger partial charge in [0.2, 0.25) is 0 Å². The molecule has 3 amide bonds. The van der Waals surface area contributed by atoms with Crippen molar-refractivity contribution in [1.82, 2.24) is 25.5 Å². The molecule has 1 fully saturated rings. The molecule has 2 aliphatic heterocycles. The molecule has 0 aliphatic carbocycles. The molecular formula is C27H24N6O6. The maximum atomic E-state index is 13.1. The minimum absolute atomic E-state index is 0.122. The number of amides is 3. The molecule has 4 N–H and O–H groups in total. The predicted octanol–water partition coefficient (Wildman–Crippen LogP) is 1.72. The number of carbonyl (C=O) groups is 3. The van der Waals surface area contributed by atoms with Crippen LogP contribution >= 0.6 is 0 Å². The van der Waals surface area contributed by atoms with Gasteiger partial charge < -0.3 is 29.8 Å². The predicted molar refractivity (Wildman–Crippen MR) is 138 cm³/mol. The maximum absolute atomic E-state index is 13.1. The van der Waals surface area contributed by atoms with E-state index in [2.05, 4.69) is 25.9 Å². The van der Waals surface area contributed by atoms with Gasteiger partial charge in [-0.2, -0.15) is 0 Å². The Balaban J connectivity index is 1.25. The molecule has 0 bridgehead atoms. The highest BCUT2D eigenvalue weighted by atomic mass is 16.5. The molecule has 0 spiro atoms. The Kier molecular flexibility index (Phi) is 5.97. The molecule has 2 aliphatic rings. The fourth-order valence-electron chi connectivity index (χ4n) is 4.91. The molecular weight excluding hydrogens is 504 g/mol. The zero-order valence-electron chi connectivity index (χ0n) is 20.8. The van der Waals surface area contributed by atoms with Gasteiger partial charge in [-0.25, -0.2) is 4.98 Å². The van der Waals surface area contributed by atoms with E-state index >= 15 is 0 Å². The number of anilines is 1. The van der Waals surface area contributed by atoms with Crippen LogP contribution in [0.25, 0.3) is 11.1 Å². The number of fused-ring (bicyclic) bond motifs is 2. The third kappa shape index (κ3) is 4.35. The van der Waals surface area contributed by atoms with E-state index in [-0.39, 0.29) is 36.4 Å². The maximum Gasteiger partial charge on any atom is 0.258 e. The Bertz CT molecular complexity index is 1610. The van der Waals surface area contributed by atoms with Crippen molar-refractivity contribution in [2.45, 2.75) is 24.9 Å². The molecule has 1 saturated heterocycles. The van der Waals surface area contributed by atoms with Crippen molar-refractivity contribution >= 4 is 34.6 Å². The summed E-state index contributed by atoms with van der Waals surface area (Å²) in [5.41, 5.74) is 1.14. The number of furan rings is 1. The minimum atomic E-state index is -1.45. The van der Waals surface area contributed by atoms with Crippen LogP contribution in [0.15, 0.2) is 65.3 Å². The summed E-state index contributed by atoms with van der Waals surface area (Å²) in [6, 6.07) is 13.5. The summed E-state index contributed by atoms with van der Waals surface area (Å²) < 4.78 is 11.3. The number of rotatable bonds is 7. The highest BCUT2D eigenvalue weighted by molar-refractivity contribution is 6.04. The lowest BCUT2D eigenvalue weighted by Gasteiger charge is -2.27. The van der Waals surface area contributed by atoms with Crippen LogP contribution in [0.3, 0.4) is 0 Å². The fraction of sp³-hybridized carbons (Fsp3) is 0.222. The smallest absolute Gasteiger partial charge is 0.258 e. The van der Waals surface area contributed by atoms with Crippen LogP contribution in [0.1, 0.15) is 38.5 Å². The lowest BCUT2D eigenvalue weighted by Crippen LogP contribution is -2.47. The van der Waals surface area contributed by atoms with Gasteiger partial charge in [0.05, 0.1) is 12.7 Å². The van der Waals surface area contributed by atoms with Crippen molar-refractivity contribution < 1.29 is 28.6 Å². The molecule has 6 rings (SSSR count). The molecule has 0 radical (unpaired) electrons. The normalized spacial score (nSPS) is 20.3. The number of carbonyl (C=O) groups excluding carboxylic acids is 3. The van der Waals surface area contributed by atoms with Gasteiger partial charge in [0.1, 0.15) is 22.8 Å². The van der Waals surface area contributed by atoms with Crippen LogP contribution in [-0.4, -0.2) is 57.7 Å². The van der Waals surface area contributed by atoms with Gasteiger partial charge in [0.15, 0.2) is 17.5 Å². The zero-order valence-corrected chi connectivity index (χ0v) is 20.8. The number of methoxy groups -OCH3 is 1. The molecule has 2 atom stereocenters. The van der Waals surface area contributed by atoms with E-state index in [1.165, 1.54) is 13.3 Å². The number of hydrogen-bond acceptors (Lipinski definition) is 9. The first kappa shape index (κ1) is 24.5. The van der Waals surface area contributed by atoms with Gasteiger partial charge in [-0.15, -0.1) is 0 Å². The Morgan fingerprint density at radius 1 is 1.26 bits per heavy atom. The van der Waals surface area contributed by atoms with E-state index < -0.39 is 17.8 Å². The number of aliphatic hydroxyl groups excluding tert-OH is 1. The summed E-state index contributed by atoms with van der Waals surface area (Å²) in [5.74, 6) is 0.0662. The second-order valence-electron chi connectivity index (χ2n) is 9.31. The Hall–Kier alpha value is -4.81. The average Bonchev–Trinajstić information content (AvgIpc) is 3.60. The number of nitrogens with one attached hydrogen (secondary N) is 3. The third-order valence-corrected chi connectivity index (χ3v) is 6.95. The standard InChI is InChI=1S/C27H24N6O6/c1-38-17-5-4-16-14-33(24(35)18(16)11-17)10-8-27(25(36)31-26(37)32-27)21-12-19-20(39-21)6-7-22(29-19)30-23(34)15-3-2-9-28-13-15/h2-7,9,11-13,26,32,37H,8,10,14H2,1H3,(H,31,36)(H,29,30,34). The zero-order chi connectivity index (χ0) is 27.1. The van der Waals surface area contributed by atoms with Crippen LogP contribution < -0.4 is 20.7 Å². The fourth-order valence-corrected chi connectivity index (χ4v) is 4.91. The van der Waals surface area contributed by atoms with Gasteiger partial charge in [-0.05, 0) is 48.4 Å². The van der Waals surface area contributed by atoms with E-state index in [4.69, 9.17) is 9.15 Å². The van der Waals surface area contributed by atoms with Crippen LogP contribution in [0.2, 0.25) is 0 Å². The SMILES string of the molecule is COc1ccc2c(c1)C(=O)N(CCC1(c3cc4nc(NC(=O)c5cccnc5)ccc4o3)NC(O)NC1=O)C2. The molecule has 198 valence electrons. The van der Waals surface area contributed by atoms with E-state index in [9.17, 15) is 19.5 Å². The Morgan fingerprint density at radius 2 is 2.13 bits per heavy atom. The Morgan fingerprint density at radius 3 is 2.87 bits per heavy atom. The molecule has 2 unspecified atom stereocenters. The third-order valence-electron chi connectivity index (χ3n) is 6.95.